The molecule has 0 radical (unpaired) electrons. The number of amides is 2. The van der Waals surface area contributed by atoms with Gasteiger partial charge in [-0.15, -0.1) is 0 Å². The number of urea groups is 1. The maximum Gasteiger partial charge on any atom is 0.314 e. The van der Waals surface area contributed by atoms with Crippen LogP contribution in [0.25, 0.3) is 0 Å². The molecule has 2 rings (SSSR count). The highest BCUT2D eigenvalue weighted by Crippen LogP contribution is 2.10. The third kappa shape index (κ3) is 5.76. The Balaban J connectivity index is 1.82. The van der Waals surface area contributed by atoms with Crippen molar-refractivity contribution < 1.29 is 4.79 Å². The highest BCUT2D eigenvalue weighted by molar-refractivity contribution is 5.80. The van der Waals surface area contributed by atoms with Gasteiger partial charge in [0.15, 0.2) is 5.96 Å². The van der Waals surface area contributed by atoms with E-state index in [1.54, 1.807) is 4.90 Å². The number of carbonyl (C=O) groups excluding carboxylic acids is 1. The van der Waals surface area contributed by atoms with Gasteiger partial charge >= 0.3 is 6.03 Å². The number of nitrogens with zero attached hydrogens (tertiary/aromatic N) is 2. The van der Waals surface area contributed by atoms with Gasteiger partial charge in [-0.3, -0.25) is 4.99 Å². The first-order valence-corrected chi connectivity index (χ1v) is 8.73. The fourth-order valence-electron chi connectivity index (χ4n) is 2.81. The Morgan fingerprint density at radius 1 is 1.29 bits per heavy atom. The number of nitrogens with two attached hydrogens (primary N) is 1. The number of hydrogen-bond donors (Lipinski definition) is 3. The van der Waals surface area contributed by atoms with Crippen molar-refractivity contribution in [3.05, 3.63) is 35.4 Å². The molecule has 1 aromatic rings. The minimum absolute atomic E-state index is 0.327. The Kier molecular flexibility index (Phi) is 6.90. The van der Waals surface area contributed by atoms with Gasteiger partial charge in [0, 0.05) is 32.2 Å². The van der Waals surface area contributed by atoms with Gasteiger partial charge in [-0.25, -0.2) is 4.79 Å². The van der Waals surface area contributed by atoms with Crippen molar-refractivity contribution in [2.45, 2.75) is 39.2 Å². The molecule has 0 unspecified atom stereocenters. The zero-order chi connectivity index (χ0) is 17.4. The summed E-state index contributed by atoms with van der Waals surface area (Å²) in [4.78, 5) is 17.5. The van der Waals surface area contributed by atoms with Crippen LogP contribution in [0.1, 0.15) is 30.9 Å². The lowest BCUT2D eigenvalue weighted by atomic mass is 10.1. The van der Waals surface area contributed by atoms with Crippen LogP contribution >= 0.6 is 0 Å². The van der Waals surface area contributed by atoms with E-state index in [1.165, 1.54) is 11.1 Å². The molecule has 24 heavy (non-hydrogen) atoms. The van der Waals surface area contributed by atoms with Crippen LogP contribution in [0.4, 0.5) is 4.79 Å². The van der Waals surface area contributed by atoms with Gasteiger partial charge in [0.05, 0.1) is 0 Å². The van der Waals surface area contributed by atoms with Crippen LogP contribution in [0.2, 0.25) is 0 Å². The molecule has 0 aliphatic carbocycles. The van der Waals surface area contributed by atoms with Gasteiger partial charge in [0.25, 0.3) is 0 Å². The van der Waals surface area contributed by atoms with E-state index < -0.39 is 0 Å². The highest BCUT2D eigenvalue weighted by atomic mass is 16.2. The van der Waals surface area contributed by atoms with Gasteiger partial charge in [0.1, 0.15) is 0 Å². The number of piperidine rings is 1. The van der Waals surface area contributed by atoms with Crippen LogP contribution in [0, 0.1) is 6.92 Å². The summed E-state index contributed by atoms with van der Waals surface area (Å²) in [5.41, 5.74) is 7.90. The molecule has 1 heterocycles. The average Bonchev–Trinajstić information content (AvgIpc) is 2.57. The molecule has 1 aromatic carbocycles. The molecule has 1 aliphatic rings. The van der Waals surface area contributed by atoms with Crippen molar-refractivity contribution in [2.75, 3.05) is 26.2 Å². The molecular formula is C18H29N5O. The number of guanidine groups is 1. The first-order valence-electron chi connectivity index (χ1n) is 8.73. The predicted octanol–water partition coefficient (Wildman–Crippen LogP) is 1.64. The summed E-state index contributed by atoms with van der Waals surface area (Å²) in [6.07, 6.45) is 2.72. The second kappa shape index (κ2) is 9.15. The quantitative estimate of drug-likeness (QED) is 0.566. The second-order valence-electron chi connectivity index (χ2n) is 6.24. The summed E-state index contributed by atoms with van der Waals surface area (Å²) in [5, 5.41) is 6.76. The highest BCUT2D eigenvalue weighted by Gasteiger charge is 2.21. The number of rotatable bonds is 5. The topological polar surface area (TPSA) is 82.8 Å². The summed E-state index contributed by atoms with van der Waals surface area (Å²) in [6, 6.07) is 8.59. The average molecular weight is 331 g/mol. The first-order chi connectivity index (χ1) is 11.6. The predicted molar refractivity (Wildman–Crippen MR) is 98.2 cm³/mol. The molecule has 2 amide bonds. The van der Waals surface area contributed by atoms with Crippen LogP contribution in [-0.2, 0) is 6.42 Å². The molecule has 132 valence electrons. The lowest BCUT2D eigenvalue weighted by molar-refractivity contribution is 0.188. The Labute approximate surface area is 144 Å². The normalized spacial score (nSPS) is 16.1. The van der Waals surface area contributed by atoms with Gasteiger partial charge in [0.2, 0.25) is 0 Å². The molecule has 0 bridgehead atoms. The van der Waals surface area contributed by atoms with Crippen LogP contribution in [0.5, 0.6) is 0 Å². The van der Waals surface area contributed by atoms with E-state index in [-0.39, 0.29) is 6.03 Å². The molecule has 1 fully saturated rings. The van der Waals surface area contributed by atoms with Crippen molar-refractivity contribution in [2.24, 2.45) is 10.7 Å². The summed E-state index contributed by atoms with van der Waals surface area (Å²) >= 11 is 0. The number of carbonyl (C=O) groups is 1. The van der Waals surface area contributed by atoms with Crippen molar-refractivity contribution >= 4 is 12.0 Å². The van der Waals surface area contributed by atoms with Crippen LogP contribution in [-0.4, -0.2) is 49.1 Å². The molecule has 0 saturated carbocycles. The largest absolute Gasteiger partial charge is 0.357 e. The van der Waals surface area contributed by atoms with E-state index >= 15 is 0 Å². The maximum absolute atomic E-state index is 11.2. The molecule has 1 aliphatic heterocycles. The Morgan fingerprint density at radius 2 is 1.96 bits per heavy atom. The summed E-state index contributed by atoms with van der Waals surface area (Å²) < 4.78 is 0. The number of aryl methyl sites for hydroxylation is 1. The summed E-state index contributed by atoms with van der Waals surface area (Å²) in [7, 11) is 0. The summed E-state index contributed by atoms with van der Waals surface area (Å²) in [5.74, 6) is 0.849. The van der Waals surface area contributed by atoms with Crippen molar-refractivity contribution in [1.82, 2.24) is 15.5 Å². The van der Waals surface area contributed by atoms with Crippen LogP contribution in [0.15, 0.2) is 29.3 Å². The van der Waals surface area contributed by atoms with E-state index in [9.17, 15) is 4.79 Å². The fraction of sp³-hybridized carbons (Fsp3) is 0.556. The Bertz CT molecular complexity index is 547. The molecule has 1 saturated heterocycles. The van der Waals surface area contributed by atoms with E-state index in [0.29, 0.717) is 19.1 Å². The van der Waals surface area contributed by atoms with Crippen molar-refractivity contribution in [3.63, 3.8) is 0 Å². The number of benzene rings is 1. The Morgan fingerprint density at radius 3 is 2.54 bits per heavy atom. The van der Waals surface area contributed by atoms with E-state index in [2.05, 4.69) is 53.7 Å². The zero-order valence-corrected chi connectivity index (χ0v) is 14.7. The lowest BCUT2D eigenvalue weighted by Gasteiger charge is -2.32. The molecule has 4 N–H and O–H groups in total. The van der Waals surface area contributed by atoms with E-state index in [4.69, 9.17) is 5.73 Å². The lowest BCUT2D eigenvalue weighted by Crippen LogP contribution is -2.50. The SMILES string of the molecule is CCNC(=NCCc1ccc(C)cc1)NC1CCN(C(N)=O)CC1. The minimum atomic E-state index is -0.327. The molecule has 0 atom stereocenters. The van der Waals surface area contributed by atoms with Gasteiger partial charge in [-0.1, -0.05) is 29.8 Å². The molecule has 6 heteroatoms. The first kappa shape index (κ1) is 18.1. The van der Waals surface area contributed by atoms with E-state index in [1.807, 2.05) is 0 Å². The monoisotopic (exact) mass is 331 g/mol. The van der Waals surface area contributed by atoms with Crippen LogP contribution in [0.3, 0.4) is 0 Å². The number of hydrogen-bond acceptors (Lipinski definition) is 2. The van der Waals surface area contributed by atoms with Gasteiger partial charge in [-0.05, 0) is 38.7 Å². The molecular weight excluding hydrogens is 302 g/mol. The second-order valence-corrected chi connectivity index (χ2v) is 6.24. The molecule has 0 spiro atoms. The number of aliphatic imine (C=N–C) groups is 1. The van der Waals surface area contributed by atoms with Crippen molar-refractivity contribution in [1.29, 1.82) is 0 Å². The smallest absolute Gasteiger partial charge is 0.314 e. The standard InChI is InChI=1S/C18H29N5O/c1-3-20-18(21-11-8-15-6-4-14(2)5-7-15)22-16-9-12-23(13-10-16)17(19)24/h4-7,16H,3,8-13H2,1-2H3,(H2,19,24)(H2,20,21,22). The molecule has 6 nitrogen and oxygen atoms in total. The fourth-order valence-corrected chi connectivity index (χ4v) is 2.81. The van der Waals surface area contributed by atoms with Gasteiger partial charge in [-0.2, -0.15) is 0 Å². The molecule has 0 aromatic heterocycles. The summed E-state index contributed by atoms with van der Waals surface area (Å²) in [6.45, 7) is 7.14. The van der Waals surface area contributed by atoms with Gasteiger partial charge < -0.3 is 21.3 Å². The zero-order valence-electron chi connectivity index (χ0n) is 14.7. The van der Waals surface area contributed by atoms with Crippen LogP contribution < -0.4 is 16.4 Å². The van der Waals surface area contributed by atoms with E-state index in [0.717, 1.165) is 38.3 Å². The maximum atomic E-state index is 11.2. The number of likely N-dealkylation sites (tertiary alicyclic amines) is 1. The number of primary amides is 1. The minimum Gasteiger partial charge on any atom is -0.357 e. The number of nitrogens with one attached hydrogen (secondary N) is 2. The van der Waals surface area contributed by atoms with Crippen molar-refractivity contribution in [3.8, 4) is 0 Å². The Hall–Kier alpha value is -2.24. The third-order valence-corrected chi connectivity index (χ3v) is 4.28. The third-order valence-electron chi connectivity index (χ3n) is 4.28.